The Morgan fingerprint density at radius 1 is 0.854 bits per heavy atom. The number of sulfone groups is 1. The second-order valence-corrected chi connectivity index (χ2v) is 12.2. The van der Waals surface area contributed by atoms with E-state index in [0.29, 0.717) is 16.3 Å². The van der Waals surface area contributed by atoms with Crippen molar-refractivity contribution in [1.82, 2.24) is 45.1 Å². The lowest BCUT2D eigenvalue weighted by atomic mass is 10.2. The summed E-state index contributed by atoms with van der Waals surface area (Å²) in [6.07, 6.45) is 2.95. The van der Waals surface area contributed by atoms with Crippen LogP contribution in [0.4, 0.5) is 0 Å². The summed E-state index contributed by atoms with van der Waals surface area (Å²) in [5.41, 5.74) is 5.03. The van der Waals surface area contributed by atoms with Gasteiger partial charge in [0, 0.05) is 23.4 Å². The Morgan fingerprint density at radius 3 is 2.10 bits per heavy atom. The van der Waals surface area contributed by atoms with Gasteiger partial charge in [-0.15, -0.1) is 11.3 Å². The molecule has 0 amide bonds. The maximum Gasteiger partial charge on any atom is 0.247 e. The summed E-state index contributed by atoms with van der Waals surface area (Å²) in [5, 5.41) is 14.6. The Bertz CT molecular complexity index is 2020. The lowest BCUT2D eigenvalue weighted by Crippen LogP contribution is -1.96. The Morgan fingerprint density at radius 2 is 1.51 bits per heavy atom. The molecule has 4 heterocycles. The quantitative estimate of drug-likeness (QED) is 0.228. The number of fused-ring (bicyclic) bond motifs is 2. The number of para-hydroxylation sites is 1. The van der Waals surface area contributed by atoms with E-state index < -0.39 is 9.84 Å². The number of thiazole rings is 1. The van der Waals surface area contributed by atoms with Crippen molar-refractivity contribution in [3.63, 3.8) is 0 Å². The summed E-state index contributed by atoms with van der Waals surface area (Å²) in [6, 6.07) is 20.1. The molecule has 0 unspecified atom stereocenters. The van der Waals surface area contributed by atoms with E-state index in [1.807, 2.05) is 53.9 Å². The van der Waals surface area contributed by atoms with Crippen molar-refractivity contribution in [2.45, 2.75) is 4.90 Å². The molecule has 2 N–H and O–H groups in total. The molecule has 3 aromatic carbocycles. The minimum Gasteiger partial charge on any atom is -0.329 e. The maximum atomic E-state index is 11.2. The Hall–Kier alpha value is -3.88. The van der Waals surface area contributed by atoms with Gasteiger partial charge in [-0.25, -0.2) is 23.4 Å². The average Bonchev–Trinajstić information content (AvgIpc) is 3.75. The monoisotopic (exact) mass is 645 g/mol. The minimum atomic E-state index is -3.18. The van der Waals surface area contributed by atoms with Gasteiger partial charge >= 0.3 is 0 Å². The summed E-state index contributed by atoms with van der Waals surface area (Å²) in [6.45, 7) is 0. The minimum absolute atomic E-state index is 0.255. The summed E-state index contributed by atoms with van der Waals surface area (Å²) in [5.74, 6) is 0. The molecule has 0 radical (unpaired) electrons. The third-order valence-electron chi connectivity index (χ3n) is 5.42. The molecule has 4 aromatic heterocycles. The van der Waals surface area contributed by atoms with Gasteiger partial charge in [0.05, 0.1) is 32.6 Å². The number of hydrogen-bond donors (Lipinski definition) is 2. The van der Waals surface area contributed by atoms with Crippen LogP contribution < -0.4 is 0 Å². The number of nitrogens with one attached hydrogen (secondary N) is 2. The number of nitrogens with zero attached hydrogens (tertiary/aromatic N) is 7. The first-order valence-corrected chi connectivity index (χ1v) is 15.5. The number of aromatic amines is 2. The molecule has 11 nitrogen and oxygen atoms in total. The molecule has 7 rings (SSSR count). The van der Waals surface area contributed by atoms with Crippen LogP contribution in [0.3, 0.4) is 0 Å². The number of rotatable bonds is 3. The van der Waals surface area contributed by atoms with Crippen LogP contribution in [0.1, 0.15) is 0 Å². The number of halogens is 3. The molecule has 0 atom stereocenters. The number of tetrazole rings is 1. The van der Waals surface area contributed by atoms with Gasteiger partial charge in [0.25, 0.3) is 0 Å². The smallest absolute Gasteiger partial charge is 0.247 e. The first-order chi connectivity index (χ1) is 19.7. The topological polar surface area (TPSA) is 148 Å². The Balaban J connectivity index is 0.000000124. The molecule has 0 bridgehead atoms. The second kappa shape index (κ2) is 12.3. The molecule has 0 spiro atoms. The molecule has 41 heavy (non-hydrogen) atoms. The number of hydrogen-bond acceptors (Lipinski definition) is 9. The van der Waals surface area contributed by atoms with Crippen molar-refractivity contribution in [3.05, 3.63) is 94.2 Å². The van der Waals surface area contributed by atoms with Gasteiger partial charge in [0.1, 0.15) is 5.01 Å². The van der Waals surface area contributed by atoms with Crippen molar-refractivity contribution >= 4 is 78.0 Å². The first-order valence-electron chi connectivity index (χ1n) is 11.6. The fourth-order valence-corrected chi connectivity index (χ4v) is 5.40. The number of H-pyrrole nitrogens is 2. The summed E-state index contributed by atoms with van der Waals surface area (Å²) in [4.78, 5) is 18.3. The van der Waals surface area contributed by atoms with E-state index >= 15 is 0 Å². The third-order valence-corrected chi connectivity index (χ3v) is 7.94. The van der Waals surface area contributed by atoms with Gasteiger partial charge in [-0.05, 0) is 93.8 Å². The van der Waals surface area contributed by atoms with Gasteiger partial charge in [-0.1, -0.05) is 23.3 Å². The van der Waals surface area contributed by atoms with Crippen LogP contribution in [-0.4, -0.2) is 59.8 Å². The Kier molecular flexibility index (Phi) is 8.61. The second-order valence-electron chi connectivity index (χ2n) is 8.27. The largest absolute Gasteiger partial charge is 0.329 e. The lowest BCUT2D eigenvalue weighted by Gasteiger charge is -1.97. The number of imidazole rings is 2. The summed E-state index contributed by atoms with van der Waals surface area (Å²) >= 11 is 18.7. The zero-order valence-corrected chi connectivity index (χ0v) is 24.8. The van der Waals surface area contributed by atoms with E-state index in [9.17, 15) is 8.42 Å². The SMILES string of the molecule is CS(=O)(=O)c1ccc2nc(Cl)[nH]c2c1.Clc1nc2ccc(-c3nccs3)cc2[nH]1.Clc1nnnn1-c1ccccc1. The molecule has 0 aliphatic rings. The van der Waals surface area contributed by atoms with Crippen LogP contribution in [-0.2, 0) is 9.84 Å². The van der Waals surface area contributed by atoms with Crippen molar-refractivity contribution < 1.29 is 8.42 Å². The van der Waals surface area contributed by atoms with Crippen LogP contribution in [0.2, 0.25) is 15.9 Å². The molecule has 0 aliphatic heterocycles. The van der Waals surface area contributed by atoms with Gasteiger partial charge in [0.15, 0.2) is 9.84 Å². The van der Waals surface area contributed by atoms with E-state index in [2.05, 4.69) is 40.4 Å². The van der Waals surface area contributed by atoms with Crippen molar-refractivity contribution in [2.24, 2.45) is 0 Å². The summed E-state index contributed by atoms with van der Waals surface area (Å²) in [7, 11) is -3.18. The van der Waals surface area contributed by atoms with E-state index in [1.54, 1.807) is 23.6 Å². The van der Waals surface area contributed by atoms with E-state index in [-0.39, 0.29) is 15.5 Å². The Labute approximate surface area is 252 Å². The molecule has 0 fully saturated rings. The normalized spacial score (nSPS) is 11.1. The number of benzene rings is 3. The summed E-state index contributed by atoms with van der Waals surface area (Å²) < 4.78 is 23.9. The van der Waals surface area contributed by atoms with E-state index in [1.165, 1.54) is 16.8 Å². The van der Waals surface area contributed by atoms with Crippen LogP contribution >= 0.6 is 46.1 Å². The van der Waals surface area contributed by atoms with E-state index in [4.69, 9.17) is 34.8 Å². The van der Waals surface area contributed by atoms with Gasteiger partial charge in [-0.2, -0.15) is 4.68 Å². The highest BCUT2D eigenvalue weighted by Crippen LogP contribution is 2.25. The lowest BCUT2D eigenvalue weighted by molar-refractivity contribution is 0.602. The van der Waals surface area contributed by atoms with Crippen molar-refractivity contribution in [3.8, 4) is 16.3 Å². The van der Waals surface area contributed by atoms with Crippen LogP contribution in [0, 0.1) is 0 Å². The molecule has 0 saturated heterocycles. The standard InChI is InChI=1S/C10H6ClN3S.C8H7ClN2O2S.C7H5ClN4/c11-10-13-7-2-1-6(5-8(7)14-10)9-12-3-4-15-9;1-14(12,13)5-2-3-6-7(4-5)11-8(9)10-6;8-7-9-10-11-12(7)6-4-2-1-3-5-6/h1-5H,(H,13,14);2-4H,1H3,(H,10,11);1-5H. The van der Waals surface area contributed by atoms with Crippen LogP contribution in [0.25, 0.3) is 38.3 Å². The highest BCUT2D eigenvalue weighted by Gasteiger charge is 2.09. The zero-order chi connectivity index (χ0) is 29.0. The first kappa shape index (κ1) is 28.6. The van der Waals surface area contributed by atoms with E-state index in [0.717, 1.165) is 33.5 Å². The molecule has 7 aromatic rings. The predicted octanol–water partition coefficient (Wildman–Crippen LogP) is 6.28. The molecule has 16 heteroatoms. The fourth-order valence-electron chi connectivity index (χ4n) is 3.57. The van der Waals surface area contributed by atoms with Crippen LogP contribution in [0.5, 0.6) is 0 Å². The number of aromatic nitrogens is 9. The molecule has 0 saturated carbocycles. The maximum absolute atomic E-state index is 11.2. The average molecular weight is 647 g/mol. The third kappa shape index (κ3) is 7.07. The van der Waals surface area contributed by atoms with Crippen molar-refractivity contribution in [1.29, 1.82) is 0 Å². The predicted molar refractivity (Wildman–Crippen MR) is 161 cm³/mol. The molecule has 0 aliphatic carbocycles. The molecule has 208 valence electrons. The highest BCUT2D eigenvalue weighted by atomic mass is 35.5. The van der Waals surface area contributed by atoms with Gasteiger partial charge < -0.3 is 9.97 Å². The molecular weight excluding hydrogens is 629 g/mol. The van der Waals surface area contributed by atoms with Crippen molar-refractivity contribution in [2.75, 3.05) is 6.26 Å². The zero-order valence-electron chi connectivity index (χ0n) is 20.9. The van der Waals surface area contributed by atoms with Crippen LogP contribution in [0.15, 0.2) is 83.2 Å². The fraction of sp³-hybridized carbons (Fsp3) is 0.0400. The van der Waals surface area contributed by atoms with Gasteiger partial charge in [0.2, 0.25) is 15.9 Å². The van der Waals surface area contributed by atoms with Gasteiger partial charge in [-0.3, -0.25) is 0 Å². The molecular formula is C25H18Cl3N9O2S2. The highest BCUT2D eigenvalue weighted by molar-refractivity contribution is 7.90.